The summed E-state index contributed by atoms with van der Waals surface area (Å²) < 4.78 is 11.3. The van der Waals surface area contributed by atoms with E-state index in [0.29, 0.717) is 22.7 Å². The number of hydrogen-bond donors (Lipinski definition) is 1. The van der Waals surface area contributed by atoms with Crippen molar-refractivity contribution in [2.75, 3.05) is 12.4 Å². The van der Waals surface area contributed by atoms with E-state index in [0.717, 1.165) is 3.57 Å². The van der Waals surface area contributed by atoms with E-state index in [9.17, 15) is 9.59 Å². The summed E-state index contributed by atoms with van der Waals surface area (Å²) >= 11 is 2.08. The Morgan fingerprint density at radius 2 is 1.82 bits per heavy atom. The molecular weight excluding hydrogens is 397 g/mol. The molecule has 6 heteroatoms. The standard InChI is InChI=1S/C16H14INO4/c1-10(19)18-13-5-3-4-6-15(13)22-16(20)11-7-8-14(21-2)12(17)9-11/h3-9H,1-2H3,(H,18,19). The minimum absolute atomic E-state index is 0.234. The van der Waals surface area contributed by atoms with Gasteiger partial charge in [0.2, 0.25) is 5.91 Å². The average Bonchev–Trinajstić information content (AvgIpc) is 2.48. The lowest BCUT2D eigenvalue weighted by Gasteiger charge is -2.11. The van der Waals surface area contributed by atoms with Crippen LogP contribution in [0.15, 0.2) is 42.5 Å². The van der Waals surface area contributed by atoms with Crippen molar-refractivity contribution in [2.45, 2.75) is 6.92 Å². The van der Waals surface area contributed by atoms with Crippen LogP contribution in [0.5, 0.6) is 11.5 Å². The molecule has 2 rings (SSSR count). The molecule has 22 heavy (non-hydrogen) atoms. The van der Waals surface area contributed by atoms with Gasteiger partial charge in [-0.1, -0.05) is 12.1 Å². The predicted molar refractivity (Wildman–Crippen MR) is 91.4 cm³/mol. The minimum atomic E-state index is -0.502. The molecule has 0 fully saturated rings. The number of ether oxygens (including phenoxy) is 2. The first kappa shape index (κ1) is 16.3. The fourth-order valence-electron chi connectivity index (χ4n) is 1.80. The van der Waals surface area contributed by atoms with Gasteiger partial charge in [-0.15, -0.1) is 0 Å². The van der Waals surface area contributed by atoms with Gasteiger partial charge in [0.05, 0.1) is 21.9 Å². The fraction of sp³-hybridized carbons (Fsp3) is 0.125. The van der Waals surface area contributed by atoms with E-state index < -0.39 is 5.97 Å². The summed E-state index contributed by atoms with van der Waals surface area (Å²) in [5, 5.41) is 2.62. The lowest BCUT2D eigenvalue weighted by Crippen LogP contribution is -2.12. The van der Waals surface area contributed by atoms with Crippen LogP contribution in [0.2, 0.25) is 0 Å². The molecule has 1 N–H and O–H groups in total. The third-order valence-corrected chi connectivity index (χ3v) is 3.63. The smallest absolute Gasteiger partial charge is 0.343 e. The van der Waals surface area contributed by atoms with E-state index in [4.69, 9.17) is 9.47 Å². The molecule has 2 aromatic carbocycles. The molecule has 0 saturated heterocycles. The van der Waals surface area contributed by atoms with Gasteiger partial charge in [0.1, 0.15) is 5.75 Å². The number of anilines is 1. The summed E-state index contributed by atoms with van der Waals surface area (Å²) in [5.74, 6) is 0.255. The molecule has 0 unspecified atom stereocenters. The molecule has 0 bridgehead atoms. The second-order valence-electron chi connectivity index (χ2n) is 4.42. The third kappa shape index (κ3) is 3.97. The van der Waals surface area contributed by atoms with Gasteiger partial charge in [-0.2, -0.15) is 0 Å². The number of benzene rings is 2. The average molecular weight is 411 g/mol. The first-order chi connectivity index (χ1) is 10.5. The van der Waals surface area contributed by atoms with Crippen molar-refractivity contribution < 1.29 is 19.1 Å². The maximum atomic E-state index is 12.2. The molecule has 5 nitrogen and oxygen atoms in total. The normalized spacial score (nSPS) is 9.95. The summed E-state index contributed by atoms with van der Waals surface area (Å²) in [6.45, 7) is 1.39. The first-order valence-corrected chi connectivity index (χ1v) is 7.51. The Kier molecular flexibility index (Phi) is 5.37. The van der Waals surface area contributed by atoms with Crippen molar-refractivity contribution in [3.8, 4) is 11.5 Å². The number of esters is 1. The molecule has 0 aliphatic rings. The van der Waals surface area contributed by atoms with E-state index in [2.05, 4.69) is 27.9 Å². The van der Waals surface area contributed by atoms with E-state index in [-0.39, 0.29) is 5.91 Å². The van der Waals surface area contributed by atoms with Crippen molar-refractivity contribution in [3.63, 3.8) is 0 Å². The number of amides is 1. The Labute approximate surface area is 141 Å². The predicted octanol–water partition coefficient (Wildman–Crippen LogP) is 3.48. The van der Waals surface area contributed by atoms with Crippen LogP contribution in [-0.4, -0.2) is 19.0 Å². The molecule has 114 valence electrons. The largest absolute Gasteiger partial charge is 0.496 e. The molecule has 1 amide bonds. The SMILES string of the molecule is COc1ccc(C(=O)Oc2ccccc2NC(C)=O)cc1I. The number of halogens is 1. The zero-order chi connectivity index (χ0) is 16.1. The highest BCUT2D eigenvalue weighted by Gasteiger charge is 2.13. The van der Waals surface area contributed by atoms with E-state index in [1.807, 2.05) is 0 Å². The lowest BCUT2D eigenvalue weighted by atomic mass is 10.2. The van der Waals surface area contributed by atoms with Crippen LogP contribution in [-0.2, 0) is 4.79 Å². The molecule has 0 spiro atoms. The zero-order valence-corrected chi connectivity index (χ0v) is 14.2. The molecule has 0 aliphatic heterocycles. The van der Waals surface area contributed by atoms with Crippen molar-refractivity contribution in [3.05, 3.63) is 51.6 Å². The Morgan fingerprint density at radius 3 is 2.45 bits per heavy atom. The maximum Gasteiger partial charge on any atom is 0.343 e. The molecular formula is C16H14INO4. The molecule has 2 aromatic rings. The quantitative estimate of drug-likeness (QED) is 0.476. The lowest BCUT2D eigenvalue weighted by molar-refractivity contribution is -0.114. The number of nitrogens with one attached hydrogen (secondary N) is 1. The second kappa shape index (κ2) is 7.26. The molecule has 0 atom stereocenters. The molecule has 0 heterocycles. The van der Waals surface area contributed by atoms with E-state index in [1.54, 1.807) is 49.6 Å². The summed E-state index contributed by atoms with van der Waals surface area (Å²) in [6, 6.07) is 11.8. The van der Waals surface area contributed by atoms with Crippen molar-refractivity contribution in [1.29, 1.82) is 0 Å². The van der Waals surface area contributed by atoms with Crippen LogP contribution in [0.25, 0.3) is 0 Å². The maximum absolute atomic E-state index is 12.2. The van der Waals surface area contributed by atoms with Gasteiger partial charge < -0.3 is 14.8 Å². The fourth-order valence-corrected chi connectivity index (χ4v) is 2.54. The van der Waals surface area contributed by atoms with Crippen LogP contribution < -0.4 is 14.8 Å². The third-order valence-electron chi connectivity index (χ3n) is 2.79. The van der Waals surface area contributed by atoms with Crippen LogP contribution in [0.3, 0.4) is 0 Å². The first-order valence-electron chi connectivity index (χ1n) is 6.43. The Balaban J connectivity index is 2.22. The molecule has 0 saturated carbocycles. The Morgan fingerprint density at radius 1 is 1.09 bits per heavy atom. The summed E-state index contributed by atoms with van der Waals surface area (Å²) in [4.78, 5) is 23.4. The van der Waals surface area contributed by atoms with Gasteiger partial charge in [-0.05, 0) is 52.9 Å². The molecule has 0 aromatic heterocycles. The monoisotopic (exact) mass is 411 g/mol. The molecule has 0 radical (unpaired) electrons. The summed E-state index contributed by atoms with van der Waals surface area (Å²) in [6.07, 6.45) is 0. The summed E-state index contributed by atoms with van der Waals surface area (Å²) in [7, 11) is 1.57. The Bertz CT molecular complexity index is 715. The van der Waals surface area contributed by atoms with Crippen LogP contribution in [0.4, 0.5) is 5.69 Å². The van der Waals surface area contributed by atoms with Crippen molar-refractivity contribution in [2.24, 2.45) is 0 Å². The number of rotatable bonds is 4. The number of hydrogen-bond acceptors (Lipinski definition) is 4. The highest BCUT2D eigenvalue weighted by molar-refractivity contribution is 14.1. The van der Waals surface area contributed by atoms with Gasteiger partial charge in [-0.3, -0.25) is 4.79 Å². The number of carbonyl (C=O) groups excluding carboxylic acids is 2. The van der Waals surface area contributed by atoms with Gasteiger partial charge in [0.25, 0.3) is 0 Å². The van der Waals surface area contributed by atoms with Crippen LogP contribution >= 0.6 is 22.6 Å². The van der Waals surface area contributed by atoms with Gasteiger partial charge in [-0.25, -0.2) is 4.79 Å². The van der Waals surface area contributed by atoms with Crippen LogP contribution in [0, 0.1) is 3.57 Å². The number of carbonyl (C=O) groups is 2. The number of para-hydroxylation sites is 2. The Hall–Kier alpha value is -2.09. The highest BCUT2D eigenvalue weighted by Crippen LogP contribution is 2.26. The topological polar surface area (TPSA) is 64.6 Å². The number of methoxy groups -OCH3 is 1. The van der Waals surface area contributed by atoms with Gasteiger partial charge in [0, 0.05) is 6.92 Å². The van der Waals surface area contributed by atoms with E-state index in [1.165, 1.54) is 6.92 Å². The highest BCUT2D eigenvalue weighted by atomic mass is 127. The minimum Gasteiger partial charge on any atom is -0.496 e. The van der Waals surface area contributed by atoms with Gasteiger partial charge in [0.15, 0.2) is 5.75 Å². The van der Waals surface area contributed by atoms with E-state index >= 15 is 0 Å². The van der Waals surface area contributed by atoms with Crippen molar-refractivity contribution in [1.82, 2.24) is 0 Å². The summed E-state index contributed by atoms with van der Waals surface area (Å²) in [5.41, 5.74) is 0.856. The van der Waals surface area contributed by atoms with Crippen LogP contribution in [0.1, 0.15) is 17.3 Å². The zero-order valence-electron chi connectivity index (χ0n) is 12.1. The molecule has 0 aliphatic carbocycles. The van der Waals surface area contributed by atoms with Gasteiger partial charge >= 0.3 is 5.97 Å². The second-order valence-corrected chi connectivity index (χ2v) is 5.58. The van der Waals surface area contributed by atoms with Crippen molar-refractivity contribution >= 4 is 40.2 Å².